The van der Waals surface area contributed by atoms with Gasteiger partial charge in [-0.15, -0.1) is 0 Å². The van der Waals surface area contributed by atoms with E-state index >= 15 is 0 Å². The molecule has 0 radical (unpaired) electrons. The lowest BCUT2D eigenvalue weighted by Crippen LogP contribution is -2.57. The highest BCUT2D eigenvalue weighted by Crippen LogP contribution is 2.25. The SMILES string of the molecule is O=C(NCC(N1CCNCC1)C(F)(F)F)c1cn2c(n1)CCC2. The number of carbonyl (C=O) groups excluding carboxylic acids is 1. The van der Waals surface area contributed by atoms with Crippen LogP contribution in [-0.2, 0) is 13.0 Å². The molecule has 1 atom stereocenters. The summed E-state index contributed by atoms with van der Waals surface area (Å²) in [5, 5.41) is 5.42. The highest BCUT2D eigenvalue weighted by Gasteiger charge is 2.43. The number of halogens is 3. The minimum absolute atomic E-state index is 0.195. The first kappa shape index (κ1) is 16.3. The van der Waals surface area contributed by atoms with E-state index in [2.05, 4.69) is 15.6 Å². The molecule has 2 aliphatic heterocycles. The normalized spacial score (nSPS) is 20.3. The number of nitrogens with one attached hydrogen (secondary N) is 2. The number of hydrogen-bond acceptors (Lipinski definition) is 4. The second-order valence-corrected chi connectivity index (χ2v) is 5.89. The van der Waals surface area contributed by atoms with Crippen molar-refractivity contribution < 1.29 is 18.0 Å². The summed E-state index contributed by atoms with van der Waals surface area (Å²) in [4.78, 5) is 17.6. The molecule has 3 rings (SSSR count). The van der Waals surface area contributed by atoms with Crippen LogP contribution in [0.2, 0.25) is 0 Å². The number of carbonyl (C=O) groups is 1. The Labute approximate surface area is 132 Å². The van der Waals surface area contributed by atoms with Crippen LogP contribution in [0.5, 0.6) is 0 Å². The Kier molecular flexibility index (Phi) is 4.58. The second kappa shape index (κ2) is 6.48. The molecule has 128 valence electrons. The van der Waals surface area contributed by atoms with Crippen LogP contribution in [0.4, 0.5) is 13.2 Å². The molecular weight excluding hydrogens is 311 g/mol. The number of piperazine rings is 1. The molecule has 0 saturated carbocycles. The predicted molar refractivity (Wildman–Crippen MR) is 77.2 cm³/mol. The molecule has 2 N–H and O–H groups in total. The van der Waals surface area contributed by atoms with Crippen molar-refractivity contribution in [2.45, 2.75) is 31.6 Å². The minimum atomic E-state index is -4.37. The van der Waals surface area contributed by atoms with Gasteiger partial charge < -0.3 is 15.2 Å². The van der Waals surface area contributed by atoms with Crippen molar-refractivity contribution in [2.24, 2.45) is 0 Å². The van der Waals surface area contributed by atoms with E-state index in [0.29, 0.717) is 26.2 Å². The van der Waals surface area contributed by atoms with Crippen LogP contribution >= 0.6 is 0 Å². The van der Waals surface area contributed by atoms with Crippen LogP contribution in [0.3, 0.4) is 0 Å². The molecule has 0 aromatic carbocycles. The lowest BCUT2D eigenvalue weighted by Gasteiger charge is -2.35. The van der Waals surface area contributed by atoms with Crippen molar-refractivity contribution >= 4 is 5.91 Å². The molecule has 23 heavy (non-hydrogen) atoms. The summed E-state index contributed by atoms with van der Waals surface area (Å²) >= 11 is 0. The summed E-state index contributed by atoms with van der Waals surface area (Å²) in [6.07, 6.45) is -0.964. The fraction of sp³-hybridized carbons (Fsp3) is 0.714. The number of amides is 1. The van der Waals surface area contributed by atoms with Gasteiger partial charge in [0.05, 0.1) is 0 Å². The molecule has 1 aromatic rings. The van der Waals surface area contributed by atoms with Crippen molar-refractivity contribution in [3.05, 3.63) is 17.7 Å². The third-order valence-corrected chi connectivity index (χ3v) is 4.32. The quantitative estimate of drug-likeness (QED) is 0.838. The third kappa shape index (κ3) is 3.66. The van der Waals surface area contributed by atoms with E-state index in [-0.39, 0.29) is 5.69 Å². The Balaban J connectivity index is 1.62. The number of imidazole rings is 1. The Hall–Kier alpha value is -1.61. The molecule has 6 nitrogen and oxygen atoms in total. The maximum atomic E-state index is 13.3. The fourth-order valence-corrected chi connectivity index (χ4v) is 3.09. The zero-order chi connectivity index (χ0) is 16.4. The van der Waals surface area contributed by atoms with Gasteiger partial charge in [-0.2, -0.15) is 13.2 Å². The average Bonchev–Trinajstić information content (AvgIpc) is 3.08. The number of hydrogen-bond donors (Lipinski definition) is 2. The Morgan fingerprint density at radius 2 is 2.09 bits per heavy atom. The summed E-state index contributed by atoms with van der Waals surface area (Å²) in [6.45, 7) is 2.03. The van der Waals surface area contributed by atoms with Gasteiger partial charge in [0.1, 0.15) is 17.6 Å². The van der Waals surface area contributed by atoms with Crippen LogP contribution in [0, 0.1) is 0 Å². The molecule has 0 aliphatic carbocycles. The zero-order valence-electron chi connectivity index (χ0n) is 12.7. The average molecular weight is 331 g/mol. The van der Waals surface area contributed by atoms with E-state index in [1.807, 2.05) is 4.57 Å². The van der Waals surface area contributed by atoms with Gasteiger partial charge in [0.2, 0.25) is 0 Å². The van der Waals surface area contributed by atoms with Gasteiger partial charge in [-0.25, -0.2) is 4.98 Å². The highest BCUT2D eigenvalue weighted by atomic mass is 19.4. The van der Waals surface area contributed by atoms with Crippen molar-refractivity contribution in [1.82, 2.24) is 25.1 Å². The molecular formula is C14H20F3N5O. The Morgan fingerprint density at radius 1 is 1.35 bits per heavy atom. The Morgan fingerprint density at radius 3 is 2.74 bits per heavy atom. The van der Waals surface area contributed by atoms with E-state index in [9.17, 15) is 18.0 Å². The van der Waals surface area contributed by atoms with Crippen molar-refractivity contribution in [3.63, 3.8) is 0 Å². The predicted octanol–water partition coefficient (Wildman–Crippen LogP) is 0.395. The Bertz CT molecular complexity index is 544. The fourth-order valence-electron chi connectivity index (χ4n) is 3.09. The largest absolute Gasteiger partial charge is 0.405 e. The van der Waals surface area contributed by atoms with E-state index in [4.69, 9.17) is 0 Å². The summed E-state index contributed by atoms with van der Waals surface area (Å²) < 4.78 is 41.7. The van der Waals surface area contributed by atoms with E-state index in [1.165, 1.54) is 4.90 Å². The summed E-state index contributed by atoms with van der Waals surface area (Å²) in [7, 11) is 0. The molecule has 1 saturated heterocycles. The van der Waals surface area contributed by atoms with Crippen LogP contribution in [0.25, 0.3) is 0 Å². The van der Waals surface area contributed by atoms with Gasteiger partial charge in [-0.05, 0) is 6.42 Å². The first-order valence-electron chi connectivity index (χ1n) is 7.81. The topological polar surface area (TPSA) is 62.2 Å². The van der Waals surface area contributed by atoms with Gasteiger partial charge in [0.15, 0.2) is 0 Å². The monoisotopic (exact) mass is 331 g/mol. The van der Waals surface area contributed by atoms with Crippen LogP contribution in [-0.4, -0.2) is 65.3 Å². The van der Waals surface area contributed by atoms with Crippen LogP contribution in [0.15, 0.2) is 6.20 Å². The van der Waals surface area contributed by atoms with Gasteiger partial charge in [-0.1, -0.05) is 0 Å². The summed E-state index contributed by atoms with van der Waals surface area (Å²) in [6, 6.07) is -1.66. The number of rotatable bonds is 4. The van der Waals surface area contributed by atoms with Gasteiger partial charge >= 0.3 is 6.18 Å². The maximum Gasteiger partial charge on any atom is 0.405 e. The maximum absolute atomic E-state index is 13.3. The molecule has 1 unspecified atom stereocenters. The van der Waals surface area contributed by atoms with Crippen molar-refractivity contribution in [1.29, 1.82) is 0 Å². The minimum Gasteiger partial charge on any atom is -0.349 e. The number of aromatic nitrogens is 2. The molecule has 1 aromatic heterocycles. The highest BCUT2D eigenvalue weighted by molar-refractivity contribution is 5.92. The molecule has 3 heterocycles. The van der Waals surface area contributed by atoms with Gasteiger partial charge in [0.25, 0.3) is 5.91 Å². The lowest BCUT2D eigenvalue weighted by molar-refractivity contribution is -0.183. The van der Waals surface area contributed by atoms with Crippen molar-refractivity contribution in [3.8, 4) is 0 Å². The first-order valence-corrected chi connectivity index (χ1v) is 7.81. The number of aryl methyl sites for hydroxylation is 2. The van der Waals surface area contributed by atoms with E-state index in [0.717, 1.165) is 25.2 Å². The third-order valence-electron chi connectivity index (χ3n) is 4.32. The molecule has 2 aliphatic rings. The smallest absolute Gasteiger partial charge is 0.349 e. The lowest BCUT2D eigenvalue weighted by atomic mass is 10.2. The zero-order valence-corrected chi connectivity index (χ0v) is 12.7. The molecule has 9 heteroatoms. The van der Waals surface area contributed by atoms with Gasteiger partial charge in [0, 0.05) is 51.9 Å². The molecule has 1 amide bonds. The number of fused-ring (bicyclic) bond motifs is 1. The molecule has 0 bridgehead atoms. The van der Waals surface area contributed by atoms with Crippen LogP contribution < -0.4 is 10.6 Å². The summed E-state index contributed by atoms with van der Waals surface area (Å²) in [5.41, 5.74) is 0.195. The van der Waals surface area contributed by atoms with Gasteiger partial charge in [-0.3, -0.25) is 9.69 Å². The first-order chi connectivity index (χ1) is 10.9. The summed E-state index contributed by atoms with van der Waals surface area (Å²) in [5.74, 6) is 0.279. The standard InChI is InChI=1S/C14H20F3N5O/c15-14(16,17)11(21-6-3-18-4-7-21)8-19-13(23)10-9-22-5-1-2-12(22)20-10/h9,11,18H,1-8H2,(H,19,23). The number of nitrogens with zero attached hydrogens (tertiary/aromatic N) is 3. The van der Waals surface area contributed by atoms with E-state index in [1.54, 1.807) is 6.20 Å². The van der Waals surface area contributed by atoms with Crippen LogP contribution in [0.1, 0.15) is 22.7 Å². The molecule has 1 fully saturated rings. The van der Waals surface area contributed by atoms with E-state index < -0.39 is 24.7 Å². The molecule has 0 spiro atoms. The van der Waals surface area contributed by atoms with Crippen molar-refractivity contribution in [2.75, 3.05) is 32.7 Å². The second-order valence-electron chi connectivity index (χ2n) is 5.89. The number of alkyl halides is 3.